The van der Waals surface area contributed by atoms with Crippen molar-refractivity contribution in [2.24, 2.45) is 0 Å². The lowest BCUT2D eigenvalue weighted by molar-refractivity contribution is -0.384. The lowest BCUT2D eigenvalue weighted by Gasteiger charge is -2.10. The molecule has 0 atom stereocenters. The van der Waals surface area contributed by atoms with E-state index in [0.29, 0.717) is 23.7 Å². The molecule has 23 heavy (non-hydrogen) atoms. The molecule has 0 saturated carbocycles. The minimum Gasteiger partial charge on any atom is -0.493 e. The van der Waals surface area contributed by atoms with Gasteiger partial charge in [-0.25, -0.2) is 4.79 Å². The Morgan fingerprint density at radius 3 is 2.39 bits per heavy atom. The minimum absolute atomic E-state index is 0.0909. The van der Waals surface area contributed by atoms with Gasteiger partial charge in [0.25, 0.3) is 5.69 Å². The fourth-order valence-corrected chi connectivity index (χ4v) is 1.85. The average Bonchev–Trinajstić information content (AvgIpc) is 2.56. The maximum atomic E-state index is 11.6. The largest absolute Gasteiger partial charge is 0.493 e. The lowest BCUT2D eigenvalue weighted by atomic mass is 10.2. The molecule has 2 aromatic rings. The number of hydrogen-bond donors (Lipinski definition) is 0. The van der Waals surface area contributed by atoms with Crippen molar-refractivity contribution in [3.63, 3.8) is 0 Å². The Hall–Kier alpha value is -3.09. The van der Waals surface area contributed by atoms with Crippen LogP contribution in [0.2, 0.25) is 0 Å². The molecule has 0 unspecified atom stereocenters. The first kappa shape index (κ1) is 16.3. The Kier molecular flexibility index (Phi) is 5.14. The fourth-order valence-electron chi connectivity index (χ4n) is 1.85. The summed E-state index contributed by atoms with van der Waals surface area (Å²) in [6, 6.07) is 10.4. The molecule has 0 fully saturated rings. The number of rotatable bonds is 6. The second-order valence-electron chi connectivity index (χ2n) is 4.44. The van der Waals surface area contributed by atoms with Crippen molar-refractivity contribution in [3.8, 4) is 17.2 Å². The first-order chi connectivity index (χ1) is 11.0. The van der Waals surface area contributed by atoms with E-state index in [9.17, 15) is 14.9 Å². The van der Waals surface area contributed by atoms with E-state index in [1.54, 1.807) is 31.2 Å². The van der Waals surface area contributed by atoms with Gasteiger partial charge in [-0.2, -0.15) is 0 Å². The van der Waals surface area contributed by atoms with Crippen LogP contribution in [-0.4, -0.2) is 24.6 Å². The lowest BCUT2D eigenvalue weighted by Crippen LogP contribution is -2.04. The van der Waals surface area contributed by atoms with Crippen molar-refractivity contribution in [2.45, 2.75) is 6.92 Å². The topological polar surface area (TPSA) is 87.9 Å². The summed E-state index contributed by atoms with van der Waals surface area (Å²) in [5, 5.41) is 10.8. The summed E-state index contributed by atoms with van der Waals surface area (Å²) in [7, 11) is 1.40. The van der Waals surface area contributed by atoms with Gasteiger partial charge in [0.15, 0.2) is 11.5 Å². The molecule has 7 heteroatoms. The number of hydrogen-bond acceptors (Lipinski definition) is 6. The van der Waals surface area contributed by atoms with Gasteiger partial charge in [-0.05, 0) is 37.3 Å². The van der Waals surface area contributed by atoms with Crippen LogP contribution in [-0.2, 0) is 4.74 Å². The number of carbonyl (C=O) groups is 1. The van der Waals surface area contributed by atoms with Gasteiger partial charge in [-0.1, -0.05) is 0 Å². The van der Waals surface area contributed by atoms with Crippen LogP contribution in [0.5, 0.6) is 17.2 Å². The van der Waals surface area contributed by atoms with E-state index in [2.05, 4.69) is 0 Å². The highest BCUT2D eigenvalue weighted by atomic mass is 16.6. The molecule has 0 saturated heterocycles. The van der Waals surface area contributed by atoms with Crippen LogP contribution in [0.1, 0.15) is 17.3 Å². The SMILES string of the molecule is CCOC(=O)c1ccc(Oc2ccc([N+](=O)[O-])cc2OC)cc1. The van der Waals surface area contributed by atoms with Crippen LogP contribution in [0, 0.1) is 10.1 Å². The van der Waals surface area contributed by atoms with Crippen molar-refractivity contribution < 1.29 is 23.9 Å². The van der Waals surface area contributed by atoms with E-state index in [4.69, 9.17) is 14.2 Å². The number of carbonyl (C=O) groups excluding carboxylic acids is 1. The molecular weight excluding hydrogens is 302 g/mol. The zero-order chi connectivity index (χ0) is 16.8. The monoisotopic (exact) mass is 317 g/mol. The summed E-state index contributed by atoms with van der Waals surface area (Å²) >= 11 is 0. The third-order valence-electron chi connectivity index (χ3n) is 2.95. The second kappa shape index (κ2) is 7.26. The highest BCUT2D eigenvalue weighted by Crippen LogP contribution is 2.34. The maximum Gasteiger partial charge on any atom is 0.338 e. The summed E-state index contributed by atoms with van der Waals surface area (Å²) in [5.41, 5.74) is 0.321. The van der Waals surface area contributed by atoms with Crippen molar-refractivity contribution in [1.29, 1.82) is 0 Å². The zero-order valence-corrected chi connectivity index (χ0v) is 12.6. The number of methoxy groups -OCH3 is 1. The summed E-state index contributed by atoms with van der Waals surface area (Å²) in [4.78, 5) is 21.8. The number of benzene rings is 2. The standard InChI is InChI=1S/C16H15NO6/c1-3-22-16(18)11-4-7-13(8-5-11)23-14-9-6-12(17(19)20)10-15(14)21-2/h4-10H,3H2,1-2H3. The molecule has 7 nitrogen and oxygen atoms in total. The molecule has 2 rings (SSSR count). The van der Waals surface area contributed by atoms with Crippen LogP contribution in [0.3, 0.4) is 0 Å². The Morgan fingerprint density at radius 2 is 1.83 bits per heavy atom. The van der Waals surface area contributed by atoms with Crippen molar-refractivity contribution in [2.75, 3.05) is 13.7 Å². The molecule has 0 aliphatic rings. The summed E-state index contributed by atoms with van der Waals surface area (Å²) in [6.07, 6.45) is 0. The number of nitro benzene ring substituents is 1. The van der Waals surface area contributed by atoms with Gasteiger partial charge in [0, 0.05) is 6.07 Å². The number of esters is 1. The molecule has 120 valence electrons. The van der Waals surface area contributed by atoms with Gasteiger partial charge in [-0.15, -0.1) is 0 Å². The molecule has 0 N–H and O–H groups in total. The van der Waals surface area contributed by atoms with E-state index in [1.165, 1.54) is 25.3 Å². The van der Waals surface area contributed by atoms with Gasteiger partial charge < -0.3 is 14.2 Å². The molecule has 0 bridgehead atoms. The van der Waals surface area contributed by atoms with Crippen molar-refractivity contribution in [1.82, 2.24) is 0 Å². The van der Waals surface area contributed by atoms with Crippen molar-refractivity contribution >= 4 is 11.7 Å². The Morgan fingerprint density at radius 1 is 1.13 bits per heavy atom. The third kappa shape index (κ3) is 3.97. The van der Waals surface area contributed by atoms with Gasteiger partial charge in [0.2, 0.25) is 0 Å². The fraction of sp³-hybridized carbons (Fsp3) is 0.188. The molecule has 0 heterocycles. The van der Waals surface area contributed by atoms with Crippen LogP contribution < -0.4 is 9.47 Å². The van der Waals surface area contributed by atoms with Crippen LogP contribution in [0.25, 0.3) is 0 Å². The summed E-state index contributed by atoms with van der Waals surface area (Å²) in [5.74, 6) is 0.632. The normalized spacial score (nSPS) is 10.0. The predicted octanol–water partition coefficient (Wildman–Crippen LogP) is 3.57. The van der Waals surface area contributed by atoms with Gasteiger partial charge in [-0.3, -0.25) is 10.1 Å². The predicted molar refractivity (Wildman–Crippen MR) is 82.1 cm³/mol. The van der Waals surface area contributed by atoms with Crippen molar-refractivity contribution in [3.05, 3.63) is 58.1 Å². The maximum absolute atomic E-state index is 11.6. The number of nitrogens with zero attached hydrogens (tertiary/aromatic N) is 1. The molecule has 2 aromatic carbocycles. The number of ether oxygens (including phenoxy) is 3. The van der Waals surface area contributed by atoms with E-state index in [1.807, 2.05) is 0 Å². The molecule has 0 aliphatic carbocycles. The van der Waals surface area contributed by atoms with Crippen LogP contribution >= 0.6 is 0 Å². The molecule has 0 spiro atoms. The van der Waals surface area contributed by atoms with Crippen LogP contribution in [0.4, 0.5) is 5.69 Å². The second-order valence-corrected chi connectivity index (χ2v) is 4.44. The van der Waals surface area contributed by atoms with Gasteiger partial charge in [0.05, 0.1) is 30.3 Å². The van der Waals surface area contributed by atoms with E-state index in [-0.39, 0.29) is 11.4 Å². The van der Waals surface area contributed by atoms with Gasteiger partial charge >= 0.3 is 5.97 Å². The zero-order valence-electron chi connectivity index (χ0n) is 12.6. The smallest absolute Gasteiger partial charge is 0.338 e. The number of nitro groups is 1. The van der Waals surface area contributed by atoms with E-state index >= 15 is 0 Å². The molecule has 0 amide bonds. The van der Waals surface area contributed by atoms with E-state index < -0.39 is 10.9 Å². The quantitative estimate of drug-likeness (QED) is 0.460. The molecule has 0 aromatic heterocycles. The van der Waals surface area contributed by atoms with Crippen LogP contribution in [0.15, 0.2) is 42.5 Å². The average molecular weight is 317 g/mol. The Labute approximate surface area is 132 Å². The highest BCUT2D eigenvalue weighted by molar-refractivity contribution is 5.89. The molecule has 0 radical (unpaired) electrons. The first-order valence-corrected chi connectivity index (χ1v) is 6.82. The van der Waals surface area contributed by atoms with E-state index in [0.717, 1.165) is 0 Å². The Bertz CT molecular complexity index is 711. The third-order valence-corrected chi connectivity index (χ3v) is 2.95. The molecule has 0 aliphatic heterocycles. The summed E-state index contributed by atoms with van der Waals surface area (Å²) < 4.78 is 15.6. The minimum atomic E-state index is -0.513. The number of non-ortho nitro benzene ring substituents is 1. The first-order valence-electron chi connectivity index (χ1n) is 6.82. The van der Waals surface area contributed by atoms with Gasteiger partial charge in [0.1, 0.15) is 5.75 Å². The highest BCUT2D eigenvalue weighted by Gasteiger charge is 2.13. The summed E-state index contributed by atoms with van der Waals surface area (Å²) in [6.45, 7) is 2.04. The Balaban J connectivity index is 2.19. The molecular formula is C16H15NO6.